The number of halogens is 1. The molecule has 2 rings (SSSR count). The van der Waals surface area contributed by atoms with Crippen molar-refractivity contribution < 1.29 is 0 Å². The molecule has 112 valence electrons. The topological polar surface area (TPSA) is 49.8 Å². The van der Waals surface area contributed by atoms with Crippen LogP contribution in [0.2, 0.25) is 5.02 Å². The number of hydrogen-bond acceptors (Lipinski definition) is 5. The Bertz CT molecular complexity index is 430. The highest BCUT2D eigenvalue weighted by Gasteiger charge is 2.27. The monoisotopic (exact) mass is 314 g/mol. The molecule has 2 N–H and O–H groups in total. The van der Waals surface area contributed by atoms with Crippen LogP contribution in [0.5, 0.6) is 0 Å². The van der Waals surface area contributed by atoms with E-state index in [1.807, 2.05) is 11.8 Å². The molecule has 1 aliphatic carbocycles. The Balaban J connectivity index is 2.03. The van der Waals surface area contributed by atoms with E-state index in [0.29, 0.717) is 22.3 Å². The summed E-state index contributed by atoms with van der Waals surface area (Å²) in [6, 6.07) is 0.464. The van der Waals surface area contributed by atoms with E-state index < -0.39 is 0 Å². The number of rotatable bonds is 7. The van der Waals surface area contributed by atoms with E-state index in [-0.39, 0.29) is 0 Å². The van der Waals surface area contributed by atoms with Gasteiger partial charge >= 0.3 is 0 Å². The second kappa shape index (κ2) is 7.93. The van der Waals surface area contributed by atoms with Crippen molar-refractivity contribution in [1.29, 1.82) is 0 Å². The summed E-state index contributed by atoms with van der Waals surface area (Å²) in [7, 11) is 0. The van der Waals surface area contributed by atoms with Crippen molar-refractivity contribution in [2.24, 2.45) is 0 Å². The summed E-state index contributed by atoms with van der Waals surface area (Å²) in [6.07, 6.45) is 6.47. The summed E-state index contributed by atoms with van der Waals surface area (Å²) in [5, 5.41) is 7.98. The molecule has 1 aromatic heterocycles. The zero-order valence-corrected chi connectivity index (χ0v) is 13.7. The molecule has 1 aromatic rings. The van der Waals surface area contributed by atoms with Crippen LogP contribution in [0.15, 0.2) is 6.20 Å². The summed E-state index contributed by atoms with van der Waals surface area (Å²) < 4.78 is 0. The van der Waals surface area contributed by atoms with Crippen molar-refractivity contribution in [3.63, 3.8) is 0 Å². The van der Waals surface area contributed by atoms with Crippen molar-refractivity contribution in [1.82, 2.24) is 9.97 Å². The smallest absolute Gasteiger partial charge is 0.224 e. The molecule has 0 aromatic carbocycles. The lowest BCUT2D eigenvalue weighted by atomic mass is 10.2. The van der Waals surface area contributed by atoms with Gasteiger partial charge in [0, 0.05) is 17.8 Å². The quantitative estimate of drug-likeness (QED) is 0.795. The maximum absolute atomic E-state index is 6.21. The number of aromatic nitrogens is 2. The average Bonchev–Trinajstić information content (AvgIpc) is 2.87. The highest BCUT2D eigenvalue weighted by Crippen LogP contribution is 2.33. The third-order valence-electron chi connectivity index (χ3n) is 3.43. The molecule has 1 fully saturated rings. The van der Waals surface area contributed by atoms with Crippen molar-refractivity contribution in [3.8, 4) is 0 Å². The van der Waals surface area contributed by atoms with Crippen LogP contribution in [0.25, 0.3) is 0 Å². The lowest BCUT2D eigenvalue weighted by Gasteiger charge is -2.21. The molecule has 0 spiro atoms. The molecule has 0 amide bonds. The van der Waals surface area contributed by atoms with E-state index in [4.69, 9.17) is 11.6 Å². The van der Waals surface area contributed by atoms with Gasteiger partial charge in [-0.3, -0.25) is 0 Å². The van der Waals surface area contributed by atoms with Crippen LogP contribution in [-0.2, 0) is 0 Å². The molecule has 20 heavy (non-hydrogen) atoms. The molecular weight excluding hydrogens is 292 g/mol. The highest BCUT2D eigenvalue weighted by molar-refractivity contribution is 7.99. The van der Waals surface area contributed by atoms with E-state index in [9.17, 15) is 0 Å². The Kier molecular flexibility index (Phi) is 6.23. The maximum atomic E-state index is 6.21. The van der Waals surface area contributed by atoms with Gasteiger partial charge in [-0.2, -0.15) is 16.7 Å². The molecule has 0 radical (unpaired) electrons. The van der Waals surface area contributed by atoms with Crippen LogP contribution in [0.3, 0.4) is 0 Å². The normalized spacial score (nSPS) is 21.9. The summed E-state index contributed by atoms with van der Waals surface area (Å²) in [6.45, 7) is 5.20. The molecule has 4 nitrogen and oxygen atoms in total. The molecule has 0 aliphatic heterocycles. The lowest BCUT2D eigenvalue weighted by Crippen LogP contribution is -2.27. The van der Waals surface area contributed by atoms with Gasteiger partial charge in [0.1, 0.15) is 5.02 Å². The zero-order valence-electron chi connectivity index (χ0n) is 12.2. The molecule has 0 saturated heterocycles. The van der Waals surface area contributed by atoms with Crippen molar-refractivity contribution >= 4 is 35.1 Å². The van der Waals surface area contributed by atoms with E-state index in [2.05, 4.69) is 34.4 Å². The Morgan fingerprint density at radius 3 is 3.00 bits per heavy atom. The summed E-state index contributed by atoms with van der Waals surface area (Å²) in [5.74, 6) is 2.56. The standard InChI is InChI=1S/C14H23ClN4S/c1-3-8-16-14-17-9-10(15)13(19-14)18-11-6-5-7-12(11)20-4-2/h9,11-12H,3-8H2,1-2H3,(H2,16,17,18,19). The maximum Gasteiger partial charge on any atom is 0.224 e. The fraction of sp³-hybridized carbons (Fsp3) is 0.714. The summed E-state index contributed by atoms with van der Waals surface area (Å²) >= 11 is 8.24. The molecule has 1 heterocycles. The van der Waals surface area contributed by atoms with Gasteiger partial charge in [0.25, 0.3) is 0 Å². The van der Waals surface area contributed by atoms with E-state index in [0.717, 1.165) is 24.5 Å². The van der Waals surface area contributed by atoms with Gasteiger partial charge in [0.05, 0.1) is 6.20 Å². The number of anilines is 2. The minimum absolute atomic E-state index is 0.464. The van der Waals surface area contributed by atoms with E-state index in [1.165, 1.54) is 19.3 Å². The minimum Gasteiger partial charge on any atom is -0.365 e. The van der Waals surface area contributed by atoms with Crippen molar-refractivity contribution in [2.75, 3.05) is 22.9 Å². The Hall–Kier alpha value is -0.680. The van der Waals surface area contributed by atoms with Crippen LogP contribution in [-0.4, -0.2) is 33.6 Å². The van der Waals surface area contributed by atoms with Gasteiger partial charge < -0.3 is 10.6 Å². The lowest BCUT2D eigenvalue weighted by molar-refractivity contribution is 0.761. The van der Waals surface area contributed by atoms with Crippen LogP contribution in [0.1, 0.15) is 39.5 Å². The van der Waals surface area contributed by atoms with Crippen molar-refractivity contribution in [2.45, 2.75) is 50.8 Å². The first-order valence-electron chi connectivity index (χ1n) is 7.39. The molecule has 6 heteroatoms. The molecule has 2 unspecified atom stereocenters. The third-order valence-corrected chi connectivity index (χ3v) is 5.03. The van der Waals surface area contributed by atoms with Gasteiger partial charge in [-0.15, -0.1) is 0 Å². The van der Waals surface area contributed by atoms with Gasteiger partial charge in [-0.25, -0.2) is 4.98 Å². The number of hydrogen-bond donors (Lipinski definition) is 2. The van der Waals surface area contributed by atoms with Gasteiger partial charge in [0.15, 0.2) is 5.82 Å². The first-order chi connectivity index (χ1) is 9.74. The van der Waals surface area contributed by atoms with Crippen LogP contribution < -0.4 is 10.6 Å². The Morgan fingerprint density at radius 1 is 1.40 bits per heavy atom. The summed E-state index contributed by atoms with van der Waals surface area (Å²) in [5.41, 5.74) is 0. The highest BCUT2D eigenvalue weighted by atomic mass is 35.5. The van der Waals surface area contributed by atoms with E-state index >= 15 is 0 Å². The Labute approximate surface area is 130 Å². The SMILES string of the molecule is CCCNc1ncc(Cl)c(NC2CCCC2SCC)n1. The molecular formula is C14H23ClN4S. The molecule has 2 atom stereocenters. The minimum atomic E-state index is 0.464. The van der Waals surface area contributed by atoms with Gasteiger partial charge in [-0.1, -0.05) is 31.9 Å². The zero-order chi connectivity index (χ0) is 14.4. The number of thioether (sulfide) groups is 1. The fourth-order valence-electron chi connectivity index (χ4n) is 2.47. The predicted octanol–water partition coefficient (Wildman–Crippen LogP) is 4.04. The molecule has 1 saturated carbocycles. The van der Waals surface area contributed by atoms with Crippen LogP contribution in [0, 0.1) is 0 Å². The van der Waals surface area contributed by atoms with Gasteiger partial charge in [0.2, 0.25) is 5.95 Å². The van der Waals surface area contributed by atoms with Crippen LogP contribution >= 0.6 is 23.4 Å². The third kappa shape index (κ3) is 4.16. The molecule has 0 bridgehead atoms. The molecule has 1 aliphatic rings. The summed E-state index contributed by atoms with van der Waals surface area (Å²) in [4.78, 5) is 8.70. The second-order valence-corrected chi connectivity index (χ2v) is 6.92. The first kappa shape index (κ1) is 15.7. The van der Waals surface area contributed by atoms with Crippen LogP contribution in [0.4, 0.5) is 11.8 Å². The number of nitrogens with one attached hydrogen (secondary N) is 2. The van der Waals surface area contributed by atoms with E-state index in [1.54, 1.807) is 6.20 Å². The predicted molar refractivity (Wildman–Crippen MR) is 89.0 cm³/mol. The largest absolute Gasteiger partial charge is 0.365 e. The Morgan fingerprint density at radius 2 is 2.25 bits per heavy atom. The first-order valence-corrected chi connectivity index (χ1v) is 8.81. The fourth-order valence-corrected chi connectivity index (χ4v) is 3.81. The second-order valence-electron chi connectivity index (χ2n) is 4.99. The average molecular weight is 315 g/mol. The van der Waals surface area contributed by atoms with Crippen molar-refractivity contribution in [3.05, 3.63) is 11.2 Å². The number of nitrogens with zero attached hydrogens (tertiary/aromatic N) is 2. The van der Waals surface area contributed by atoms with Gasteiger partial charge in [-0.05, 0) is 25.0 Å².